The fourth-order valence-electron chi connectivity index (χ4n) is 2.37. The Kier molecular flexibility index (Phi) is 4.18. The SMILES string of the molecule is CCc1ccsc1C(=O)NCC1CCCC1O. The molecule has 1 saturated carbocycles. The fourth-order valence-corrected chi connectivity index (χ4v) is 3.28. The highest BCUT2D eigenvalue weighted by Crippen LogP contribution is 2.25. The molecule has 0 saturated heterocycles. The molecule has 1 aromatic heterocycles. The molecule has 0 aliphatic heterocycles. The van der Waals surface area contributed by atoms with Crippen LogP contribution in [-0.2, 0) is 6.42 Å². The first kappa shape index (κ1) is 12.6. The van der Waals surface area contributed by atoms with Crippen molar-refractivity contribution in [1.29, 1.82) is 0 Å². The number of carbonyl (C=O) groups is 1. The number of aliphatic hydroxyl groups is 1. The zero-order chi connectivity index (χ0) is 12.3. The highest BCUT2D eigenvalue weighted by molar-refractivity contribution is 7.12. The normalized spacial score (nSPS) is 23.9. The van der Waals surface area contributed by atoms with E-state index in [0.29, 0.717) is 6.54 Å². The summed E-state index contributed by atoms with van der Waals surface area (Å²) in [6, 6.07) is 2.00. The highest BCUT2D eigenvalue weighted by atomic mass is 32.1. The van der Waals surface area contributed by atoms with Crippen LogP contribution in [0.3, 0.4) is 0 Å². The lowest BCUT2D eigenvalue weighted by atomic mass is 10.1. The lowest BCUT2D eigenvalue weighted by Gasteiger charge is -2.14. The average molecular weight is 253 g/mol. The van der Waals surface area contributed by atoms with E-state index < -0.39 is 0 Å². The molecule has 2 rings (SSSR count). The van der Waals surface area contributed by atoms with Crippen LogP contribution in [0.15, 0.2) is 11.4 Å². The predicted molar refractivity (Wildman–Crippen MR) is 69.4 cm³/mol. The molecule has 1 amide bonds. The molecule has 1 aliphatic rings. The number of thiophene rings is 1. The standard InChI is InChI=1S/C13H19NO2S/c1-2-9-6-7-17-12(9)13(16)14-8-10-4-3-5-11(10)15/h6-7,10-11,15H,2-5,8H2,1H3,(H,14,16). The lowest BCUT2D eigenvalue weighted by molar-refractivity contribution is 0.0920. The molecule has 1 aliphatic carbocycles. The van der Waals surface area contributed by atoms with Crippen LogP contribution in [0.5, 0.6) is 0 Å². The number of rotatable bonds is 4. The fraction of sp³-hybridized carbons (Fsp3) is 0.615. The molecule has 1 fully saturated rings. The number of aryl methyl sites for hydroxylation is 1. The summed E-state index contributed by atoms with van der Waals surface area (Å²) in [7, 11) is 0. The molecule has 17 heavy (non-hydrogen) atoms. The first-order valence-electron chi connectivity index (χ1n) is 6.25. The number of amides is 1. The van der Waals surface area contributed by atoms with Crippen molar-refractivity contribution in [3.8, 4) is 0 Å². The molecule has 4 heteroatoms. The van der Waals surface area contributed by atoms with E-state index in [1.165, 1.54) is 11.3 Å². The Morgan fingerprint density at radius 2 is 2.41 bits per heavy atom. The molecule has 0 spiro atoms. The molecule has 2 atom stereocenters. The smallest absolute Gasteiger partial charge is 0.261 e. The van der Waals surface area contributed by atoms with Crippen molar-refractivity contribution in [1.82, 2.24) is 5.32 Å². The summed E-state index contributed by atoms with van der Waals surface area (Å²) in [5, 5.41) is 14.6. The van der Waals surface area contributed by atoms with Crippen LogP contribution in [0.4, 0.5) is 0 Å². The summed E-state index contributed by atoms with van der Waals surface area (Å²) in [5.41, 5.74) is 1.11. The van der Waals surface area contributed by atoms with Gasteiger partial charge in [0, 0.05) is 12.5 Å². The van der Waals surface area contributed by atoms with Crippen LogP contribution in [-0.4, -0.2) is 23.7 Å². The molecule has 2 unspecified atom stereocenters. The summed E-state index contributed by atoms with van der Waals surface area (Å²) < 4.78 is 0. The minimum absolute atomic E-state index is 0.0101. The van der Waals surface area contributed by atoms with Crippen molar-refractivity contribution in [3.05, 3.63) is 21.9 Å². The Bertz CT molecular complexity index is 389. The molecule has 0 bridgehead atoms. The lowest BCUT2D eigenvalue weighted by Crippen LogP contribution is -2.32. The minimum atomic E-state index is -0.232. The number of hydrogen-bond donors (Lipinski definition) is 2. The van der Waals surface area contributed by atoms with Gasteiger partial charge >= 0.3 is 0 Å². The summed E-state index contributed by atoms with van der Waals surface area (Å²) in [4.78, 5) is 12.8. The van der Waals surface area contributed by atoms with Gasteiger partial charge in [0.25, 0.3) is 5.91 Å². The van der Waals surface area contributed by atoms with E-state index in [1.807, 2.05) is 11.4 Å². The van der Waals surface area contributed by atoms with Gasteiger partial charge in [0.15, 0.2) is 0 Å². The van der Waals surface area contributed by atoms with Crippen molar-refractivity contribution in [2.24, 2.45) is 5.92 Å². The van der Waals surface area contributed by atoms with Gasteiger partial charge in [-0.3, -0.25) is 4.79 Å². The van der Waals surface area contributed by atoms with E-state index in [4.69, 9.17) is 0 Å². The quantitative estimate of drug-likeness (QED) is 0.864. The summed E-state index contributed by atoms with van der Waals surface area (Å²) in [5.74, 6) is 0.250. The van der Waals surface area contributed by atoms with Crippen LogP contribution in [0.2, 0.25) is 0 Å². The largest absolute Gasteiger partial charge is 0.393 e. The average Bonchev–Trinajstić information content (AvgIpc) is 2.94. The van der Waals surface area contributed by atoms with Crippen LogP contribution in [0.1, 0.15) is 41.4 Å². The third-order valence-corrected chi connectivity index (χ3v) is 4.43. The van der Waals surface area contributed by atoms with Crippen molar-refractivity contribution in [2.75, 3.05) is 6.54 Å². The Labute approximate surface area is 106 Å². The third kappa shape index (κ3) is 2.87. The van der Waals surface area contributed by atoms with E-state index in [9.17, 15) is 9.90 Å². The van der Waals surface area contributed by atoms with Gasteiger partial charge in [-0.05, 0) is 36.3 Å². The first-order valence-corrected chi connectivity index (χ1v) is 7.13. The Morgan fingerprint density at radius 3 is 3.06 bits per heavy atom. The Morgan fingerprint density at radius 1 is 1.59 bits per heavy atom. The van der Waals surface area contributed by atoms with Gasteiger partial charge < -0.3 is 10.4 Å². The molecule has 0 radical (unpaired) electrons. The summed E-state index contributed by atoms with van der Waals surface area (Å²) >= 11 is 1.49. The molecule has 1 heterocycles. The zero-order valence-corrected chi connectivity index (χ0v) is 10.9. The first-order chi connectivity index (χ1) is 8.22. The third-order valence-electron chi connectivity index (χ3n) is 3.48. The molecular formula is C13H19NO2S. The van der Waals surface area contributed by atoms with E-state index in [2.05, 4.69) is 12.2 Å². The second-order valence-electron chi connectivity index (χ2n) is 4.60. The van der Waals surface area contributed by atoms with Crippen molar-refractivity contribution in [3.63, 3.8) is 0 Å². The van der Waals surface area contributed by atoms with Gasteiger partial charge in [0.2, 0.25) is 0 Å². The van der Waals surface area contributed by atoms with Crippen LogP contribution >= 0.6 is 11.3 Å². The van der Waals surface area contributed by atoms with Gasteiger partial charge in [-0.1, -0.05) is 13.3 Å². The van der Waals surface area contributed by atoms with E-state index in [1.54, 1.807) is 0 Å². The minimum Gasteiger partial charge on any atom is -0.393 e. The van der Waals surface area contributed by atoms with Crippen molar-refractivity contribution >= 4 is 17.2 Å². The second-order valence-corrected chi connectivity index (χ2v) is 5.51. The van der Waals surface area contributed by atoms with Crippen LogP contribution in [0, 0.1) is 5.92 Å². The van der Waals surface area contributed by atoms with Gasteiger partial charge in [-0.15, -0.1) is 11.3 Å². The zero-order valence-electron chi connectivity index (χ0n) is 10.1. The monoisotopic (exact) mass is 253 g/mol. The number of carbonyl (C=O) groups excluding carboxylic acids is 1. The van der Waals surface area contributed by atoms with E-state index in [0.717, 1.165) is 36.1 Å². The molecule has 94 valence electrons. The summed E-state index contributed by atoms with van der Waals surface area (Å²) in [6.45, 7) is 2.65. The summed E-state index contributed by atoms with van der Waals surface area (Å²) in [6.07, 6.45) is 3.62. The van der Waals surface area contributed by atoms with Crippen molar-refractivity contribution < 1.29 is 9.90 Å². The van der Waals surface area contributed by atoms with Crippen LogP contribution < -0.4 is 5.32 Å². The number of hydrogen-bond acceptors (Lipinski definition) is 3. The molecule has 3 nitrogen and oxygen atoms in total. The molecule has 0 aromatic carbocycles. The topological polar surface area (TPSA) is 49.3 Å². The Balaban J connectivity index is 1.89. The van der Waals surface area contributed by atoms with Gasteiger partial charge in [0.05, 0.1) is 11.0 Å². The van der Waals surface area contributed by atoms with E-state index >= 15 is 0 Å². The Hall–Kier alpha value is -0.870. The maximum absolute atomic E-state index is 12.0. The molecule has 1 aromatic rings. The van der Waals surface area contributed by atoms with E-state index in [-0.39, 0.29) is 17.9 Å². The van der Waals surface area contributed by atoms with Gasteiger partial charge in [-0.25, -0.2) is 0 Å². The van der Waals surface area contributed by atoms with Crippen molar-refractivity contribution in [2.45, 2.75) is 38.7 Å². The number of nitrogens with one attached hydrogen (secondary N) is 1. The van der Waals surface area contributed by atoms with Gasteiger partial charge in [0.1, 0.15) is 0 Å². The molecule has 2 N–H and O–H groups in total. The maximum Gasteiger partial charge on any atom is 0.261 e. The maximum atomic E-state index is 12.0. The second kappa shape index (κ2) is 5.65. The van der Waals surface area contributed by atoms with Gasteiger partial charge in [-0.2, -0.15) is 0 Å². The highest BCUT2D eigenvalue weighted by Gasteiger charge is 2.25. The van der Waals surface area contributed by atoms with Crippen LogP contribution in [0.25, 0.3) is 0 Å². The molecular weight excluding hydrogens is 234 g/mol. The number of aliphatic hydroxyl groups excluding tert-OH is 1. The predicted octanol–water partition coefficient (Wildman–Crippen LogP) is 2.20.